The van der Waals surface area contributed by atoms with E-state index in [1.807, 2.05) is 29.1 Å². The highest BCUT2D eigenvalue weighted by Gasteiger charge is 2.27. The zero-order valence-electron chi connectivity index (χ0n) is 13.2. The summed E-state index contributed by atoms with van der Waals surface area (Å²) >= 11 is 6.09. The number of hydrogen-bond donors (Lipinski definition) is 0. The summed E-state index contributed by atoms with van der Waals surface area (Å²) in [4.78, 5) is 4.61. The van der Waals surface area contributed by atoms with Gasteiger partial charge in [-0.15, -0.1) is 5.10 Å². The standard InChI is InChI=1S/C18H13ClFN5/c19-11-6-7-13(20)12(10-11)17-16(14-4-3-9-24(14)22-17)18-21-15-5-1-2-8-25(15)23-18/h1-2,5-8,10H,3-4,9H2. The Hall–Kier alpha value is -2.73. The second kappa shape index (κ2) is 5.39. The molecule has 5 nitrogen and oxygen atoms in total. The second-order valence-corrected chi connectivity index (χ2v) is 6.50. The molecule has 3 aromatic heterocycles. The molecule has 0 unspecified atom stereocenters. The first-order valence-corrected chi connectivity index (χ1v) is 8.45. The summed E-state index contributed by atoms with van der Waals surface area (Å²) < 4.78 is 18.1. The normalized spacial score (nSPS) is 13.5. The molecule has 0 spiro atoms. The van der Waals surface area contributed by atoms with Gasteiger partial charge in [-0.3, -0.25) is 4.68 Å². The van der Waals surface area contributed by atoms with E-state index in [2.05, 4.69) is 15.2 Å². The zero-order chi connectivity index (χ0) is 17.0. The van der Waals surface area contributed by atoms with Crippen LogP contribution in [0.2, 0.25) is 5.02 Å². The van der Waals surface area contributed by atoms with Gasteiger partial charge in [0, 0.05) is 23.3 Å². The van der Waals surface area contributed by atoms with Crippen molar-refractivity contribution in [1.82, 2.24) is 24.4 Å². The Kier molecular flexibility index (Phi) is 3.15. The largest absolute Gasteiger partial charge is 0.268 e. The van der Waals surface area contributed by atoms with E-state index in [4.69, 9.17) is 11.6 Å². The van der Waals surface area contributed by atoms with Crippen LogP contribution in [0.3, 0.4) is 0 Å². The molecule has 7 heteroatoms. The number of benzene rings is 1. The van der Waals surface area contributed by atoms with E-state index in [-0.39, 0.29) is 5.82 Å². The van der Waals surface area contributed by atoms with Gasteiger partial charge in [-0.05, 0) is 43.2 Å². The zero-order valence-corrected chi connectivity index (χ0v) is 13.9. The maximum Gasteiger partial charge on any atom is 0.186 e. The average Bonchev–Trinajstić information content (AvgIpc) is 3.29. The van der Waals surface area contributed by atoms with Gasteiger partial charge in [0.2, 0.25) is 0 Å². The molecule has 1 aliphatic heterocycles. The van der Waals surface area contributed by atoms with Crippen LogP contribution >= 0.6 is 11.6 Å². The molecule has 25 heavy (non-hydrogen) atoms. The lowest BCUT2D eigenvalue weighted by molar-refractivity contribution is 0.627. The van der Waals surface area contributed by atoms with Crippen molar-refractivity contribution in [3.05, 3.63) is 59.1 Å². The minimum absolute atomic E-state index is 0.355. The van der Waals surface area contributed by atoms with Crippen LogP contribution in [-0.4, -0.2) is 24.4 Å². The molecule has 124 valence electrons. The van der Waals surface area contributed by atoms with Crippen molar-refractivity contribution in [2.75, 3.05) is 0 Å². The van der Waals surface area contributed by atoms with E-state index in [0.717, 1.165) is 36.3 Å². The maximum absolute atomic E-state index is 14.5. The fraction of sp³-hybridized carbons (Fsp3) is 0.167. The summed E-state index contributed by atoms with van der Waals surface area (Å²) in [6, 6.07) is 10.2. The lowest BCUT2D eigenvalue weighted by Crippen LogP contribution is -1.94. The molecule has 0 saturated carbocycles. The molecule has 1 aliphatic rings. The fourth-order valence-corrected chi connectivity index (χ4v) is 3.54. The Morgan fingerprint density at radius 1 is 1.12 bits per heavy atom. The van der Waals surface area contributed by atoms with Crippen molar-refractivity contribution in [2.45, 2.75) is 19.4 Å². The van der Waals surface area contributed by atoms with Gasteiger partial charge in [0.05, 0.1) is 11.3 Å². The molecule has 4 heterocycles. The monoisotopic (exact) mass is 353 g/mol. The molecule has 0 saturated heterocycles. The quantitative estimate of drug-likeness (QED) is 0.547. The highest BCUT2D eigenvalue weighted by atomic mass is 35.5. The molecular weight excluding hydrogens is 341 g/mol. The first kappa shape index (κ1) is 14.6. The predicted molar refractivity (Wildman–Crippen MR) is 92.9 cm³/mol. The van der Waals surface area contributed by atoms with E-state index in [9.17, 15) is 4.39 Å². The summed E-state index contributed by atoms with van der Waals surface area (Å²) in [6.45, 7) is 0.817. The van der Waals surface area contributed by atoms with E-state index in [1.54, 1.807) is 10.6 Å². The third kappa shape index (κ3) is 2.25. The Morgan fingerprint density at radius 3 is 2.92 bits per heavy atom. The first-order valence-electron chi connectivity index (χ1n) is 8.07. The molecule has 0 atom stereocenters. The highest BCUT2D eigenvalue weighted by Crippen LogP contribution is 2.37. The van der Waals surface area contributed by atoms with Crippen LogP contribution in [0.15, 0.2) is 42.6 Å². The molecular formula is C18H13ClFN5. The molecule has 1 aromatic carbocycles. The molecule has 0 bridgehead atoms. The third-order valence-corrected chi connectivity index (χ3v) is 4.72. The number of hydrogen-bond acceptors (Lipinski definition) is 3. The number of rotatable bonds is 2. The van der Waals surface area contributed by atoms with Gasteiger partial charge >= 0.3 is 0 Å². The van der Waals surface area contributed by atoms with E-state index in [0.29, 0.717) is 22.1 Å². The minimum Gasteiger partial charge on any atom is -0.268 e. The number of pyridine rings is 1. The summed E-state index contributed by atoms with van der Waals surface area (Å²) in [7, 11) is 0. The Balaban J connectivity index is 1.80. The topological polar surface area (TPSA) is 48.0 Å². The van der Waals surface area contributed by atoms with Crippen molar-refractivity contribution >= 4 is 17.2 Å². The molecule has 0 amide bonds. The van der Waals surface area contributed by atoms with Crippen LogP contribution in [0, 0.1) is 5.82 Å². The molecule has 0 radical (unpaired) electrons. The van der Waals surface area contributed by atoms with E-state index >= 15 is 0 Å². The van der Waals surface area contributed by atoms with Crippen molar-refractivity contribution in [3.8, 4) is 22.6 Å². The van der Waals surface area contributed by atoms with Crippen molar-refractivity contribution in [1.29, 1.82) is 0 Å². The van der Waals surface area contributed by atoms with Gasteiger partial charge in [-0.1, -0.05) is 17.7 Å². The van der Waals surface area contributed by atoms with Crippen molar-refractivity contribution in [3.63, 3.8) is 0 Å². The van der Waals surface area contributed by atoms with Crippen LogP contribution in [0.4, 0.5) is 4.39 Å². The van der Waals surface area contributed by atoms with Crippen LogP contribution in [0.1, 0.15) is 12.1 Å². The summed E-state index contributed by atoms with van der Waals surface area (Å²) in [5.74, 6) is 0.204. The lowest BCUT2D eigenvalue weighted by Gasteiger charge is -2.04. The molecule has 0 fully saturated rings. The number of halogens is 2. The van der Waals surface area contributed by atoms with Crippen LogP contribution in [0.5, 0.6) is 0 Å². The van der Waals surface area contributed by atoms with Gasteiger partial charge in [0.15, 0.2) is 11.5 Å². The van der Waals surface area contributed by atoms with Gasteiger partial charge in [0.25, 0.3) is 0 Å². The van der Waals surface area contributed by atoms with Gasteiger partial charge in [-0.2, -0.15) is 5.10 Å². The number of aryl methyl sites for hydroxylation is 1. The third-order valence-electron chi connectivity index (χ3n) is 4.49. The van der Waals surface area contributed by atoms with Crippen molar-refractivity contribution < 1.29 is 4.39 Å². The first-order chi connectivity index (χ1) is 12.2. The van der Waals surface area contributed by atoms with Gasteiger partial charge in [0.1, 0.15) is 11.5 Å². The molecule has 0 N–H and O–H groups in total. The Labute approximate surface area is 147 Å². The van der Waals surface area contributed by atoms with Gasteiger partial charge in [-0.25, -0.2) is 13.9 Å². The number of fused-ring (bicyclic) bond motifs is 2. The smallest absolute Gasteiger partial charge is 0.186 e. The van der Waals surface area contributed by atoms with Crippen LogP contribution in [0.25, 0.3) is 28.3 Å². The second-order valence-electron chi connectivity index (χ2n) is 6.06. The molecule has 4 aromatic rings. The van der Waals surface area contributed by atoms with Crippen molar-refractivity contribution in [2.24, 2.45) is 0 Å². The minimum atomic E-state index is -0.355. The highest BCUT2D eigenvalue weighted by molar-refractivity contribution is 6.30. The fourth-order valence-electron chi connectivity index (χ4n) is 3.37. The van der Waals surface area contributed by atoms with Crippen LogP contribution < -0.4 is 0 Å². The van der Waals surface area contributed by atoms with Gasteiger partial charge < -0.3 is 0 Å². The lowest BCUT2D eigenvalue weighted by atomic mass is 10.0. The number of aromatic nitrogens is 5. The number of nitrogens with zero attached hydrogens (tertiary/aromatic N) is 5. The SMILES string of the molecule is Fc1ccc(Cl)cc1-c1nn2c(c1-c1nc3ccccn3n1)CCC2. The predicted octanol–water partition coefficient (Wildman–Crippen LogP) is 4.00. The Bertz CT molecular complexity index is 1080. The maximum atomic E-state index is 14.5. The summed E-state index contributed by atoms with van der Waals surface area (Å²) in [5, 5.41) is 9.68. The average molecular weight is 354 g/mol. The van der Waals surface area contributed by atoms with E-state index < -0.39 is 0 Å². The van der Waals surface area contributed by atoms with Crippen LogP contribution in [-0.2, 0) is 13.0 Å². The molecule has 5 rings (SSSR count). The summed E-state index contributed by atoms with van der Waals surface area (Å²) in [5.41, 5.74) is 3.51. The van der Waals surface area contributed by atoms with E-state index in [1.165, 1.54) is 12.1 Å². The summed E-state index contributed by atoms with van der Waals surface area (Å²) in [6.07, 6.45) is 3.73. The molecule has 0 aliphatic carbocycles. The Morgan fingerprint density at radius 2 is 2.04 bits per heavy atom.